The van der Waals surface area contributed by atoms with E-state index in [2.05, 4.69) is 20.2 Å². The van der Waals surface area contributed by atoms with Crippen LogP contribution in [0.3, 0.4) is 0 Å². The van der Waals surface area contributed by atoms with Gasteiger partial charge in [0.15, 0.2) is 0 Å². The number of halogens is 1. The van der Waals surface area contributed by atoms with Gasteiger partial charge in [-0.05, 0) is 17.7 Å². The Morgan fingerprint density at radius 2 is 2.33 bits per heavy atom. The van der Waals surface area contributed by atoms with E-state index in [-0.39, 0.29) is 17.9 Å². The number of benzene rings is 1. The van der Waals surface area contributed by atoms with Gasteiger partial charge in [0, 0.05) is 16.8 Å². The molecule has 1 aromatic heterocycles. The van der Waals surface area contributed by atoms with E-state index in [1.165, 1.54) is 29.2 Å². The SMILES string of the molecule is [N-]=[N+]=Nc1ccc(-n2cnc(CN=O)c2)c(F)c1. The largest absolute Gasteiger partial charge is 0.303 e. The third kappa shape index (κ3) is 2.33. The Balaban J connectivity index is 2.37. The summed E-state index contributed by atoms with van der Waals surface area (Å²) < 4.78 is 15.2. The van der Waals surface area contributed by atoms with Crippen LogP contribution in [0.15, 0.2) is 41.0 Å². The summed E-state index contributed by atoms with van der Waals surface area (Å²) >= 11 is 0. The lowest BCUT2D eigenvalue weighted by Gasteiger charge is -2.03. The van der Waals surface area contributed by atoms with Crippen LogP contribution in [0.25, 0.3) is 16.1 Å². The van der Waals surface area contributed by atoms with Crippen molar-refractivity contribution < 1.29 is 4.39 Å². The summed E-state index contributed by atoms with van der Waals surface area (Å²) in [5, 5.41) is 6.00. The van der Waals surface area contributed by atoms with Gasteiger partial charge < -0.3 is 4.57 Å². The Kier molecular flexibility index (Phi) is 3.31. The predicted molar refractivity (Wildman–Crippen MR) is 61.8 cm³/mol. The van der Waals surface area contributed by atoms with Crippen LogP contribution in [0.2, 0.25) is 0 Å². The zero-order chi connectivity index (χ0) is 13.0. The van der Waals surface area contributed by atoms with Crippen molar-refractivity contribution in [1.29, 1.82) is 0 Å². The number of imidazole rings is 1. The smallest absolute Gasteiger partial charge is 0.147 e. The fraction of sp³-hybridized carbons (Fsp3) is 0.100. The Morgan fingerprint density at radius 1 is 1.50 bits per heavy atom. The highest BCUT2D eigenvalue weighted by Crippen LogP contribution is 2.20. The molecule has 0 aliphatic carbocycles. The van der Waals surface area contributed by atoms with Crippen molar-refractivity contribution in [2.75, 3.05) is 0 Å². The van der Waals surface area contributed by atoms with Crippen LogP contribution in [-0.2, 0) is 6.54 Å². The minimum Gasteiger partial charge on any atom is -0.303 e. The van der Waals surface area contributed by atoms with Crippen LogP contribution < -0.4 is 0 Å². The lowest BCUT2D eigenvalue weighted by atomic mass is 10.2. The first-order chi connectivity index (χ1) is 8.74. The number of rotatable bonds is 4. The molecule has 0 N–H and O–H groups in total. The topological polar surface area (TPSA) is 96.0 Å². The number of aromatic nitrogens is 2. The van der Waals surface area contributed by atoms with Crippen molar-refractivity contribution in [3.63, 3.8) is 0 Å². The number of hydrogen-bond donors (Lipinski definition) is 0. The molecular formula is C10H7FN6O. The molecule has 0 bridgehead atoms. The normalized spacial score (nSPS) is 9.83. The van der Waals surface area contributed by atoms with Crippen LogP contribution in [0.1, 0.15) is 5.69 Å². The standard InChI is InChI=1S/C10H7FN6O/c11-9-3-7(15-16-12)1-2-10(9)17-5-8(4-14-18)13-6-17/h1-3,5-6H,4H2. The van der Waals surface area contributed by atoms with E-state index in [0.717, 1.165) is 6.07 Å². The quantitative estimate of drug-likeness (QED) is 0.358. The van der Waals surface area contributed by atoms with Crippen LogP contribution >= 0.6 is 0 Å². The van der Waals surface area contributed by atoms with Crippen molar-refractivity contribution in [1.82, 2.24) is 9.55 Å². The summed E-state index contributed by atoms with van der Waals surface area (Å²) in [5.41, 5.74) is 9.12. The third-order valence-electron chi connectivity index (χ3n) is 2.23. The van der Waals surface area contributed by atoms with Gasteiger partial charge in [0.25, 0.3) is 0 Å². The fourth-order valence-corrected chi connectivity index (χ4v) is 1.46. The van der Waals surface area contributed by atoms with Gasteiger partial charge in [-0.2, -0.15) is 4.91 Å². The van der Waals surface area contributed by atoms with E-state index in [0.29, 0.717) is 5.69 Å². The van der Waals surface area contributed by atoms with E-state index >= 15 is 0 Å². The molecule has 0 aliphatic rings. The van der Waals surface area contributed by atoms with Crippen molar-refractivity contribution in [2.24, 2.45) is 10.3 Å². The summed E-state index contributed by atoms with van der Waals surface area (Å²) in [6, 6.07) is 4.06. The molecule has 0 saturated heterocycles. The number of nitroso groups, excluding NO2 is 1. The molecule has 18 heavy (non-hydrogen) atoms. The van der Waals surface area contributed by atoms with Gasteiger partial charge in [-0.1, -0.05) is 16.4 Å². The molecule has 0 fully saturated rings. The minimum atomic E-state index is -0.553. The van der Waals surface area contributed by atoms with Crippen LogP contribution in [0.4, 0.5) is 10.1 Å². The zero-order valence-corrected chi connectivity index (χ0v) is 9.06. The van der Waals surface area contributed by atoms with Crippen molar-refractivity contribution in [3.05, 3.63) is 57.6 Å². The van der Waals surface area contributed by atoms with Crippen molar-refractivity contribution in [3.8, 4) is 5.69 Å². The Labute approximate surface area is 100 Å². The Bertz CT molecular complexity index is 631. The van der Waals surface area contributed by atoms with Crippen molar-refractivity contribution in [2.45, 2.75) is 6.54 Å². The van der Waals surface area contributed by atoms with Crippen LogP contribution in [0, 0.1) is 10.7 Å². The second-order valence-electron chi connectivity index (χ2n) is 3.38. The van der Waals surface area contributed by atoms with E-state index < -0.39 is 5.82 Å². The van der Waals surface area contributed by atoms with Crippen LogP contribution in [-0.4, -0.2) is 9.55 Å². The van der Waals surface area contributed by atoms with Gasteiger partial charge >= 0.3 is 0 Å². The molecule has 7 nitrogen and oxygen atoms in total. The average Bonchev–Trinajstić information content (AvgIpc) is 2.78. The molecule has 2 aromatic rings. The summed E-state index contributed by atoms with van der Waals surface area (Å²) in [7, 11) is 0. The maximum atomic E-state index is 13.7. The monoisotopic (exact) mass is 246 g/mol. The lowest BCUT2D eigenvalue weighted by molar-refractivity contribution is 0.618. The Hall–Kier alpha value is -2.73. The molecule has 0 amide bonds. The number of azide groups is 1. The zero-order valence-electron chi connectivity index (χ0n) is 9.06. The molecule has 1 aromatic carbocycles. The number of hydrogen-bond acceptors (Lipinski definition) is 4. The molecule has 0 unspecified atom stereocenters. The van der Waals surface area contributed by atoms with Gasteiger partial charge in [-0.25, -0.2) is 9.37 Å². The van der Waals surface area contributed by atoms with E-state index in [1.807, 2.05) is 0 Å². The number of nitrogens with zero attached hydrogens (tertiary/aromatic N) is 6. The molecule has 1 heterocycles. The molecule has 90 valence electrons. The average molecular weight is 246 g/mol. The van der Waals surface area contributed by atoms with Crippen LogP contribution in [0.5, 0.6) is 0 Å². The second kappa shape index (κ2) is 5.07. The first-order valence-corrected chi connectivity index (χ1v) is 4.91. The first kappa shape index (κ1) is 11.7. The third-order valence-corrected chi connectivity index (χ3v) is 2.23. The van der Waals surface area contributed by atoms with Gasteiger partial charge in [0.1, 0.15) is 12.4 Å². The molecule has 8 heteroatoms. The molecule has 0 aliphatic heterocycles. The summed E-state index contributed by atoms with van der Waals surface area (Å²) in [6.07, 6.45) is 2.89. The maximum Gasteiger partial charge on any atom is 0.147 e. The summed E-state index contributed by atoms with van der Waals surface area (Å²) in [5.74, 6) is -0.553. The van der Waals surface area contributed by atoms with E-state index in [9.17, 15) is 9.30 Å². The molecular weight excluding hydrogens is 239 g/mol. The lowest BCUT2D eigenvalue weighted by Crippen LogP contribution is -1.93. The highest BCUT2D eigenvalue weighted by atomic mass is 19.1. The molecule has 0 spiro atoms. The minimum absolute atomic E-state index is 0.0641. The molecule has 2 rings (SSSR count). The predicted octanol–water partition coefficient (Wildman–Crippen LogP) is 3.22. The second-order valence-corrected chi connectivity index (χ2v) is 3.38. The highest BCUT2D eigenvalue weighted by molar-refractivity contribution is 5.45. The molecule has 0 atom stereocenters. The maximum absolute atomic E-state index is 13.7. The highest BCUT2D eigenvalue weighted by Gasteiger charge is 2.06. The molecule has 0 saturated carbocycles. The summed E-state index contributed by atoms with van der Waals surface area (Å²) in [6.45, 7) is -0.0641. The summed E-state index contributed by atoms with van der Waals surface area (Å²) in [4.78, 5) is 16.6. The fourth-order valence-electron chi connectivity index (χ4n) is 1.46. The van der Waals surface area contributed by atoms with Gasteiger partial charge in [-0.3, -0.25) is 0 Å². The van der Waals surface area contributed by atoms with E-state index in [4.69, 9.17) is 5.53 Å². The van der Waals surface area contributed by atoms with Crippen molar-refractivity contribution >= 4 is 5.69 Å². The van der Waals surface area contributed by atoms with E-state index in [1.54, 1.807) is 0 Å². The van der Waals surface area contributed by atoms with Gasteiger partial charge in [0.05, 0.1) is 17.7 Å². The Morgan fingerprint density at radius 3 is 3.00 bits per heavy atom. The van der Waals surface area contributed by atoms with Gasteiger partial charge in [0.2, 0.25) is 0 Å². The van der Waals surface area contributed by atoms with Gasteiger partial charge in [-0.15, -0.1) is 0 Å². The first-order valence-electron chi connectivity index (χ1n) is 4.91. The molecule has 0 radical (unpaired) electrons.